The molecule has 0 radical (unpaired) electrons. The number of furan rings is 1. The number of nitrogens with one attached hydrogen (secondary N) is 1. The molecule has 30 heavy (non-hydrogen) atoms. The lowest BCUT2D eigenvalue weighted by Gasteiger charge is -2.20. The summed E-state index contributed by atoms with van der Waals surface area (Å²) in [6.45, 7) is 3.85. The number of carbonyl (C=O) groups is 1. The van der Waals surface area contributed by atoms with Crippen molar-refractivity contribution in [3.05, 3.63) is 83.8 Å². The molecule has 158 valence electrons. The van der Waals surface area contributed by atoms with Gasteiger partial charge in [-0.3, -0.25) is 9.10 Å². The van der Waals surface area contributed by atoms with E-state index in [4.69, 9.17) is 4.42 Å². The van der Waals surface area contributed by atoms with E-state index in [9.17, 15) is 13.2 Å². The maximum atomic E-state index is 12.8. The molecule has 7 heteroatoms. The smallest absolute Gasteiger partial charge is 0.264 e. The quantitative estimate of drug-likeness (QED) is 0.586. The van der Waals surface area contributed by atoms with Crippen molar-refractivity contribution in [1.82, 2.24) is 5.32 Å². The predicted octanol–water partition coefficient (Wildman–Crippen LogP) is 4.16. The average molecular weight is 427 g/mol. The minimum Gasteiger partial charge on any atom is -0.469 e. The number of rotatable bonds is 8. The summed E-state index contributed by atoms with van der Waals surface area (Å²) >= 11 is 0. The Labute approximate surface area is 177 Å². The van der Waals surface area contributed by atoms with Crippen LogP contribution in [0.5, 0.6) is 0 Å². The van der Waals surface area contributed by atoms with Crippen LogP contribution in [0.15, 0.2) is 76.2 Å². The number of nitrogens with zero attached hydrogens (tertiary/aromatic N) is 1. The van der Waals surface area contributed by atoms with Crippen LogP contribution < -0.4 is 9.62 Å². The summed E-state index contributed by atoms with van der Waals surface area (Å²) in [4.78, 5) is 12.7. The fourth-order valence-corrected chi connectivity index (χ4v) is 4.22. The van der Waals surface area contributed by atoms with Crippen molar-refractivity contribution in [3.8, 4) is 0 Å². The van der Waals surface area contributed by atoms with Gasteiger partial charge in [0.05, 0.1) is 16.8 Å². The number of anilines is 1. The number of sulfonamides is 1. The number of benzene rings is 2. The number of aryl methyl sites for hydroxylation is 2. The van der Waals surface area contributed by atoms with Gasteiger partial charge >= 0.3 is 0 Å². The SMILES string of the molecule is Cc1ccc(S(=O)(=O)N(C)c2ccc(C(=O)N[C@H](C)CCc3ccco3)cc2)cc1. The fraction of sp³-hybridized carbons (Fsp3) is 0.261. The summed E-state index contributed by atoms with van der Waals surface area (Å²) in [6, 6.07) is 17.0. The highest BCUT2D eigenvalue weighted by molar-refractivity contribution is 7.92. The molecule has 0 saturated carbocycles. The van der Waals surface area contributed by atoms with Gasteiger partial charge in [0.15, 0.2) is 0 Å². The maximum Gasteiger partial charge on any atom is 0.264 e. The summed E-state index contributed by atoms with van der Waals surface area (Å²) in [5.41, 5.74) is 1.95. The second-order valence-electron chi connectivity index (χ2n) is 7.33. The van der Waals surface area contributed by atoms with Crippen LogP contribution in [-0.2, 0) is 16.4 Å². The van der Waals surface area contributed by atoms with E-state index < -0.39 is 10.0 Å². The van der Waals surface area contributed by atoms with Crippen LogP contribution in [0.4, 0.5) is 5.69 Å². The lowest BCUT2D eigenvalue weighted by atomic mass is 10.1. The molecule has 0 spiro atoms. The van der Waals surface area contributed by atoms with Crippen LogP contribution >= 0.6 is 0 Å². The standard InChI is InChI=1S/C23H26N2O4S/c1-17-6-14-22(15-7-17)30(27,28)25(3)20-11-9-19(10-12-20)23(26)24-18(2)8-13-21-5-4-16-29-21/h4-7,9-12,14-16,18H,8,13H2,1-3H3,(H,24,26)/t18-/m1/s1. The van der Waals surface area contributed by atoms with Gasteiger partial charge in [0.2, 0.25) is 0 Å². The number of amides is 1. The highest BCUT2D eigenvalue weighted by Gasteiger charge is 2.21. The Bertz CT molecular complexity index is 1070. The van der Waals surface area contributed by atoms with Crippen LogP contribution in [0.3, 0.4) is 0 Å². The van der Waals surface area contributed by atoms with Crippen molar-refractivity contribution in [1.29, 1.82) is 0 Å². The topological polar surface area (TPSA) is 79.6 Å². The van der Waals surface area contributed by atoms with Crippen LogP contribution in [0, 0.1) is 6.92 Å². The van der Waals surface area contributed by atoms with Crippen LogP contribution in [0.2, 0.25) is 0 Å². The van der Waals surface area contributed by atoms with E-state index in [0.717, 1.165) is 24.2 Å². The zero-order valence-electron chi connectivity index (χ0n) is 17.3. The van der Waals surface area contributed by atoms with Crippen LogP contribution in [-0.4, -0.2) is 27.4 Å². The molecule has 1 atom stereocenters. The molecule has 0 fully saturated rings. The van der Waals surface area contributed by atoms with Crippen molar-refractivity contribution in [2.75, 3.05) is 11.4 Å². The highest BCUT2D eigenvalue weighted by atomic mass is 32.2. The maximum absolute atomic E-state index is 12.8. The Balaban J connectivity index is 1.63. The first kappa shape index (κ1) is 21.6. The zero-order chi connectivity index (χ0) is 21.7. The first-order chi connectivity index (χ1) is 14.3. The molecule has 0 aliphatic rings. The van der Waals surface area contributed by atoms with Crippen molar-refractivity contribution in [3.63, 3.8) is 0 Å². The summed E-state index contributed by atoms with van der Waals surface area (Å²) in [7, 11) is -2.16. The normalized spacial score (nSPS) is 12.4. The molecular formula is C23H26N2O4S. The molecule has 2 aromatic carbocycles. The Morgan fingerprint density at radius 2 is 1.73 bits per heavy atom. The minimum atomic E-state index is -3.67. The van der Waals surface area contributed by atoms with E-state index in [2.05, 4.69) is 5.32 Å². The Hall–Kier alpha value is -3.06. The Morgan fingerprint density at radius 1 is 1.07 bits per heavy atom. The molecule has 0 unspecified atom stereocenters. The Kier molecular flexibility index (Phi) is 6.62. The van der Waals surface area contributed by atoms with Gasteiger partial charge in [-0.2, -0.15) is 0 Å². The molecule has 0 aliphatic carbocycles. The van der Waals surface area contributed by atoms with Crippen LogP contribution in [0.1, 0.15) is 35.0 Å². The lowest BCUT2D eigenvalue weighted by Crippen LogP contribution is -2.33. The van der Waals surface area contributed by atoms with Gasteiger partial charge in [-0.15, -0.1) is 0 Å². The molecule has 1 N–H and O–H groups in total. The van der Waals surface area contributed by atoms with E-state index in [1.54, 1.807) is 54.8 Å². The van der Waals surface area contributed by atoms with Gasteiger partial charge in [0.25, 0.3) is 15.9 Å². The van der Waals surface area contributed by atoms with E-state index in [1.807, 2.05) is 26.0 Å². The van der Waals surface area contributed by atoms with Crippen molar-refractivity contribution in [2.45, 2.75) is 37.6 Å². The summed E-state index contributed by atoms with van der Waals surface area (Å²) in [5, 5.41) is 2.96. The molecule has 1 amide bonds. The van der Waals surface area contributed by atoms with Gasteiger partial charge in [-0.1, -0.05) is 17.7 Å². The van der Waals surface area contributed by atoms with E-state index in [-0.39, 0.29) is 16.8 Å². The van der Waals surface area contributed by atoms with E-state index >= 15 is 0 Å². The van der Waals surface area contributed by atoms with Crippen LogP contribution in [0.25, 0.3) is 0 Å². The number of hydrogen-bond acceptors (Lipinski definition) is 4. The molecule has 3 rings (SSSR count). The Morgan fingerprint density at radius 3 is 2.33 bits per heavy atom. The summed E-state index contributed by atoms with van der Waals surface area (Å²) < 4.78 is 32.2. The second-order valence-corrected chi connectivity index (χ2v) is 9.29. The fourth-order valence-electron chi connectivity index (χ4n) is 3.02. The first-order valence-corrected chi connectivity index (χ1v) is 11.2. The third-order valence-corrected chi connectivity index (χ3v) is 6.75. The average Bonchev–Trinajstić information content (AvgIpc) is 3.26. The molecule has 6 nitrogen and oxygen atoms in total. The summed E-state index contributed by atoms with van der Waals surface area (Å²) in [6.07, 6.45) is 3.14. The first-order valence-electron chi connectivity index (χ1n) is 9.76. The van der Waals surface area contributed by atoms with Crippen molar-refractivity contribution in [2.24, 2.45) is 0 Å². The lowest BCUT2D eigenvalue weighted by molar-refractivity contribution is 0.0938. The van der Waals surface area contributed by atoms with E-state index in [0.29, 0.717) is 11.3 Å². The molecule has 1 aromatic heterocycles. The van der Waals surface area contributed by atoms with Gasteiger partial charge < -0.3 is 9.73 Å². The second kappa shape index (κ2) is 9.17. The molecule has 3 aromatic rings. The van der Waals surface area contributed by atoms with Gasteiger partial charge in [-0.25, -0.2) is 8.42 Å². The zero-order valence-corrected chi connectivity index (χ0v) is 18.1. The third kappa shape index (κ3) is 5.10. The van der Waals surface area contributed by atoms with Gasteiger partial charge in [0, 0.05) is 25.1 Å². The highest BCUT2D eigenvalue weighted by Crippen LogP contribution is 2.22. The number of carbonyl (C=O) groups excluding carboxylic acids is 1. The molecule has 0 saturated heterocycles. The largest absolute Gasteiger partial charge is 0.469 e. The van der Waals surface area contributed by atoms with Gasteiger partial charge in [0.1, 0.15) is 5.76 Å². The van der Waals surface area contributed by atoms with Gasteiger partial charge in [-0.05, 0) is 68.8 Å². The minimum absolute atomic E-state index is 0.0214. The molecule has 1 heterocycles. The monoisotopic (exact) mass is 426 g/mol. The van der Waals surface area contributed by atoms with Crippen molar-refractivity contribution >= 4 is 21.6 Å². The predicted molar refractivity (Wildman–Crippen MR) is 117 cm³/mol. The molecular weight excluding hydrogens is 400 g/mol. The van der Waals surface area contributed by atoms with E-state index in [1.165, 1.54) is 11.4 Å². The molecule has 0 bridgehead atoms. The van der Waals surface area contributed by atoms with Crippen molar-refractivity contribution < 1.29 is 17.6 Å². The summed E-state index contributed by atoms with van der Waals surface area (Å²) in [5.74, 6) is 0.691. The molecule has 0 aliphatic heterocycles. The third-order valence-electron chi connectivity index (χ3n) is 4.95. The number of hydrogen-bond donors (Lipinski definition) is 1.